The number of carbonyl (C=O) groups is 1. The van der Waals surface area contributed by atoms with Crippen molar-refractivity contribution in [3.05, 3.63) is 28.1 Å². The van der Waals surface area contributed by atoms with Crippen LogP contribution in [0.15, 0.2) is 26.8 Å². The van der Waals surface area contributed by atoms with Gasteiger partial charge in [-0.2, -0.15) is 10.5 Å². The fourth-order valence-electron chi connectivity index (χ4n) is 0.989. The van der Waals surface area contributed by atoms with Crippen molar-refractivity contribution in [3.8, 4) is 12.1 Å². The van der Waals surface area contributed by atoms with Gasteiger partial charge >= 0.3 is 5.97 Å². The van der Waals surface area contributed by atoms with Crippen molar-refractivity contribution in [2.75, 3.05) is 7.11 Å². The van der Waals surface area contributed by atoms with Crippen LogP contribution < -0.4 is 0 Å². The molecule has 0 aromatic carbocycles. The number of esters is 1. The maximum Gasteiger partial charge on any atom is 0.350 e. The van der Waals surface area contributed by atoms with Crippen LogP contribution in [0.2, 0.25) is 0 Å². The SMILES string of the molecule is COC(=O)/C(C#N)=C(\C#N)c1ccc(Br)o1. The highest BCUT2D eigenvalue weighted by Gasteiger charge is 2.19. The summed E-state index contributed by atoms with van der Waals surface area (Å²) in [5.74, 6) is -0.733. The molecule has 16 heavy (non-hydrogen) atoms. The molecule has 0 saturated heterocycles. The molecule has 0 unspecified atom stereocenters. The first-order valence-corrected chi connectivity index (χ1v) is 4.81. The second kappa shape index (κ2) is 5.15. The molecule has 0 fully saturated rings. The Labute approximate surface area is 99.7 Å². The van der Waals surface area contributed by atoms with Gasteiger partial charge in [-0.25, -0.2) is 4.79 Å². The predicted molar refractivity (Wildman–Crippen MR) is 56.6 cm³/mol. The minimum absolute atomic E-state index is 0.135. The Balaban J connectivity index is 3.35. The molecule has 5 nitrogen and oxygen atoms in total. The largest absolute Gasteiger partial charge is 0.465 e. The van der Waals surface area contributed by atoms with Crippen molar-refractivity contribution >= 4 is 27.5 Å². The molecule has 0 N–H and O–H groups in total. The van der Waals surface area contributed by atoms with E-state index < -0.39 is 5.97 Å². The molecular weight excluding hydrogens is 276 g/mol. The Kier molecular flexibility index (Phi) is 3.87. The summed E-state index contributed by atoms with van der Waals surface area (Å²) in [6.07, 6.45) is 0. The van der Waals surface area contributed by atoms with Gasteiger partial charge in [0.15, 0.2) is 10.2 Å². The molecule has 80 valence electrons. The zero-order chi connectivity index (χ0) is 12.1. The quantitative estimate of drug-likeness (QED) is 0.470. The van der Waals surface area contributed by atoms with Gasteiger partial charge in [0.2, 0.25) is 0 Å². The lowest BCUT2D eigenvalue weighted by atomic mass is 10.1. The molecule has 0 saturated carbocycles. The molecule has 0 atom stereocenters. The molecule has 6 heteroatoms. The fourth-order valence-corrected chi connectivity index (χ4v) is 1.30. The first-order chi connectivity index (χ1) is 7.63. The molecule has 1 rings (SSSR count). The Morgan fingerprint density at radius 3 is 2.50 bits per heavy atom. The lowest BCUT2D eigenvalue weighted by molar-refractivity contribution is -0.135. The topological polar surface area (TPSA) is 87.0 Å². The van der Waals surface area contributed by atoms with Gasteiger partial charge in [0.1, 0.15) is 23.5 Å². The molecule has 0 amide bonds. The standard InChI is InChI=1S/C10H5BrN2O3/c1-15-10(14)7(5-13)6(4-12)8-2-3-9(11)16-8/h2-3H,1H3/b7-6+. The van der Waals surface area contributed by atoms with E-state index in [1.807, 2.05) is 0 Å². The van der Waals surface area contributed by atoms with Crippen molar-refractivity contribution in [1.82, 2.24) is 0 Å². The third kappa shape index (κ3) is 2.30. The van der Waals surface area contributed by atoms with Crippen LogP contribution in [0.3, 0.4) is 0 Å². The first-order valence-electron chi connectivity index (χ1n) is 4.02. The Bertz CT molecular complexity index is 531. The molecule has 1 aromatic heterocycles. The molecule has 1 heterocycles. The smallest absolute Gasteiger partial charge is 0.350 e. The summed E-state index contributed by atoms with van der Waals surface area (Å²) in [4.78, 5) is 11.2. The van der Waals surface area contributed by atoms with E-state index in [1.165, 1.54) is 6.07 Å². The van der Waals surface area contributed by atoms with Crippen molar-refractivity contribution in [2.24, 2.45) is 0 Å². The van der Waals surface area contributed by atoms with Crippen molar-refractivity contribution in [2.45, 2.75) is 0 Å². The zero-order valence-corrected chi connectivity index (χ0v) is 9.74. The molecule has 0 radical (unpaired) electrons. The van der Waals surface area contributed by atoms with Crippen LogP contribution in [0.4, 0.5) is 0 Å². The second-order valence-electron chi connectivity index (χ2n) is 2.57. The number of nitriles is 2. The molecule has 0 aliphatic carbocycles. The van der Waals surface area contributed by atoms with E-state index in [-0.39, 0.29) is 16.9 Å². The van der Waals surface area contributed by atoms with E-state index in [9.17, 15) is 4.79 Å². The van der Waals surface area contributed by atoms with Gasteiger partial charge in [0.05, 0.1) is 7.11 Å². The second-order valence-corrected chi connectivity index (χ2v) is 3.35. The average molecular weight is 281 g/mol. The van der Waals surface area contributed by atoms with Crippen LogP contribution in [0.1, 0.15) is 5.76 Å². The average Bonchev–Trinajstić information content (AvgIpc) is 2.71. The van der Waals surface area contributed by atoms with Gasteiger partial charge in [0.25, 0.3) is 0 Å². The van der Waals surface area contributed by atoms with Gasteiger partial charge in [-0.15, -0.1) is 0 Å². The number of hydrogen-bond acceptors (Lipinski definition) is 5. The zero-order valence-electron chi connectivity index (χ0n) is 8.15. The number of allylic oxidation sites excluding steroid dienone is 1. The van der Waals surface area contributed by atoms with E-state index in [4.69, 9.17) is 14.9 Å². The van der Waals surface area contributed by atoms with E-state index in [2.05, 4.69) is 20.7 Å². The highest BCUT2D eigenvalue weighted by atomic mass is 79.9. The number of hydrogen-bond donors (Lipinski definition) is 0. The summed E-state index contributed by atoms with van der Waals surface area (Å²) >= 11 is 3.06. The molecule has 0 spiro atoms. The van der Waals surface area contributed by atoms with Crippen molar-refractivity contribution < 1.29 is 13.9 Å². The minimum atomic E-state index is -0.869. The van der Waals surface area contributed by atoms with Crippen LogP contribution in [-0.4, -0.2) is 13.1 Å². The third-order valence-electron chi connectivity index (χ3n) is 1.68. The molecular formula is C10H5BrN2O3. The Morgan fingerprint density at radius 1 is 1.44 bits per heavy atom. The summed E-state index contributed by atoms with van der Waals surface area (Å²) in [6, 6.07) is 6.39. The molecule has 0 bridgehead atoms. The molecule has 0 aliphatic rings. The van der Waals surface area contributed by atoms with Crippen LogP contribution >= 0.6 is 15.9 Å². The number of carbonyl (C=O) groups excluding carboxylic acids is 1. The number of nitrogens with zero attached hydrogens (tertiary/aromatic N) is 2. The summed E-state index contributed by atoms with van der Waals surface area (Å²) in [5, 5.41) is 17.7. The number of furan rings is 1. The third-order valence-corrected chi connectivity index (χ3v) is 2.11. The van der Waals surface area contributed by atoms with Gasteiger partial charge < -0.3 is 9.15 Å². The maximum atomic E-state index is 11.2. The van der Waals surface area contributed by atoms with E-state index >= 15 is 0 Å². The van der Waals surface area contributed by atoms with Crippen LogP contribution in [0.25, 0.3) is 5.57 Å². The molecule has 1 aromatic rings. The predicted octanol–water partition coefficient (Wildman–Crippen LogP) is 2.02. The van der Waals surface area contributed by atoms with E-state index in [0.29, 0.717) is 4.67 Å². The van der Waals surface area contributed by atoms with Gasteiger partial charge in [-0.3, -0.25) is 0 Å². The van der Waals surface area contributed by atoms with Gasteiger partial charge in [0, 0.05) is 0 Å². The monoisotopic (exact) mass is 280 g/mol. The Hall–Kier alpha value is -2.05. The number of halogens is 1. The number of rotatable bonds is 2. The normalized spacial score (nSPS) is 11.0. The van der Waals surface area contributed by atoms with Crippen molar-refractivity contribution in [3.63, 3.8) is 0 Å². The lowest BCUT2D eigenvalue weighted by Gasteiger charge is -1.98. The fraction of sp³-hybridized carbons (Fsp3) is 0.100. The van der Waals surface area contributed by atoms with Gasteiger partial charge in [-0.05, 0) is 28.1 Å². The maximum absolute atomic E-state index is 11.2. The van der Waals surface area contributed by atoms with Gasteiger partial charge in [-0.1, -0.05) is 0 Å². The highest BCUT2D eigenvalue weighted by molar-refractivity contribution is 9.10. The van der Waals surface area contributed by atoms with Crippen LogP contribution in [0.5, 0.6) is 0 Å². The Morgan fingerprint density at radius 2 is 2.12 bits per heavy atom. The van der Waals surface area contributed by atoms with E-state index in [0.717, 1.165) is 7.11 Å². The summed E-state index contributed by atoms with van der Waals surface area (Å²) in [6.45, 7) is 0. The summed E-state index contributed by atoms with van der Waals surface area (Å²) in [7, 11) is 1.13. The van der Waals surface area contributed by atoms with E-state index in [1.54, 1.807) is 18.2 Å². The summed E-state index contributed by atoms with van der Waals surface area (Å²) < 4.78 is 9.88. The first kappa shape index (κ1) is 12.0. The number of methoxy groups -OCH3 is 1. The summed E-state index contributed by atoms with van der Waals surface area (Å²) in [5.41, 5.74) is -0.535. The lowest BCUT2D eigenvalue weighted by Crippen LogP contribution is -2.05. The minimum Gasteiger partial charge on any atom is -0.465 e. The van der Waals surface area contributed by atoms with Crippen LogP contribution in [-0.2, 0) is 9.53 Å². The van der Waals surface area contributed by atoms with Crippen LogP contribution in [0, 0.1) is 22.7 Å². The highest BCUT2D eigenvalue weighted by Crippen LogP contribution is 2.23. The molecule has 0 aliphatic heterocycles. The van der Waals surface area contributed by atoms with Crippen molar-refractivity contribution in [1.29, 1.82) is 10.5 Å². The number of ether oxygens (including phenoxy) is 1.